The minimum atomic E-state index is 0.393. The minimum absolute atomic E-state index is 0.393. The van der Waals surface area contributed by atoms with Crippen molar-refractivity contribution >= 4 is 16.9 Å². The second-order valence-electron chi connectivity index (χ2n) is 6.39. The summed E-state index contributed by atoms with van der Waals surface area (Å²) in [6.45, 7) is 2.08. The Morgan fingerprint density at radius 3 is 2.80 bits per heavy atom. The lowest BCUT2D eigenvalue weighted by Crippen LogP contribution is -2.08. The first-order chi connectivity index (χ1) is 12.2. The highest BCUT2D eigenvalue weighted by Gasteiger charge is 2.24. The van der Waals surface area contributed by atoms with E-state index in [2.05, 4.69) is 21.6 Å². The fourth-order valence-corrected chi connectivity index (χ4v) is 3.63. The first-order valence-corrected chi connectivity index (χ1v) is 8.76. The van der Waals surface area contributed by atoms with Gasteiger partial charge in [-0.2, -0.15) is 5.10 Å². The number of hydrogen-bond acceptors (Lipinski definition) is 6. The largest absolute Gasteiger partial charge is 0.494 e. The maximum absolute atomic E-state index is 6.31. The number of hydrogen-bond donors (Lipinski definition) is 1. The van der Waals surface area contributed by atoms with Crippen LogP contribution in [0.25, 0.3) is 22.4 Å². The highest BCUT2D eigenvalue weighted by atomic mass is 16.5. The number of methoxy groups -OCH3 is 1. The van der Waals surface area contributed by atoms with Crippen molar-refractivity contribution in [2.45, 2.75) is 45.1 Å². The second kappa shape index (κ2) is 6.31. The fraction of sp³-hybridized carbons (Fsp3) is 0.444. The summed E-state index contributed by atoms with van der Waals surface area (Å²) in [6.07, 6.45) is 8.91. The Balaban J connectivity index is 1.95. The van der Waals surface area contributed by atoms with Crippen molar-refractivity contribution in [3.05, 3.63) is 24.2 Å². The van der Waals surface area contributed by atoms with Crippen molar-refractivity contribution in [1.82, 2.24) is 24.7 Å². The van der Waals surface area contributed by atoms with Crippen molar-refractivity contribution in [2.24, 2.45) is 0 Å². The zero-order valence-electron chi connectivity index (χ0n) is 14.6. The van der Waals surface area contributed by atoms with E-state index in [4.69, 9.17) is 20.6 Å². The van der Waals surface area contributed by atoms with E-state index in [-0.39, 0.29) is 0 Å². The van der Waals surface area contributed by atoms with E-state index < -0.39 is 0 Å². The molecule has 1 saturated carbocycles. The lowest BCUT2D eigenvalue weighted by atomic mass is 10.2. The lowest BCUT2D eigenvalue weighted by molar-refractivity contribution is 0.414. The molecule has 0 aromatic carbocycles. The predicted octanol–water partition coefficient (Wildman–Crippen LogP) is 3.16. The van der Waals surface area contributed by atoms with Crippen LogP contribution in [-0.4, -0.2) is 31.8 Å². The summed E-state index contributed by atoms with van der Waals surface area (Å²) in [7, 11) is 1.61. The second-order valence-corrected chi connectivity index (χ2v) is 6.39. The summed E-state index contributed by atoms with van der Waals surface area (Å²) in [6, 6.07) is 2.24. The molecule has 0 radical (unpaired) electrons. The molecule has 1 fully saturated rings. The molecule has 0 bridgehead atoms. The van der Waals surface area contributed by atoms with Crippen molar-refractivity contribution in [3.63, 3.8) is 0 Å². The smallest absolute Gasteiger partial charge is 0.167 e. The summed E-state index contributed by atoms with van der Waals surface area (Å²) >= 11 is 0. The average Bonchev–Trinajstić information content (AvgIpc) is 3.29. The highest BCUT2D eigenvalue weighted by molar-refractivity contribution is 5.90. The maximum Gasteiger partial charge on any atom is 0.167 e. The van der Waals surface area contributed by atoms with Crippen LogP contribution in [0.5, 0.6) is 5.75 Å². The Bertz CT molecular complexity index is 913. The Morgan fingerprint density at radius 2 is 2.08 bits per heavy atom. The van der Waals surface area contributed by atoms with E-state index in [0.29, 0.717) is 23.4 Å². The molecule has 0 atom stereocenters. The third-order valence-corrected chi connectivity index (χ3v) is 4.90. The number of aromatic nitrogens is 5. The average molecular weight is 338 g/mol. The van der Waals surface area contributed by atoms with Crippen LogP contribution in [0, 0.1) is 0 Å². The Labute approximate surface area is 146 Å². The van der Waals surface area contributed by atoms with Gasteiger partial charge in [-0.1, -0.05) is 19.8 Å². The van der Waals surface area contributed by atoms with Gasteiger partial charge >= 0.3 is 0 Å². The molecule has 130 valence electrons. The number of rotatable bonds is 4. The molecule has 7 nitrogen and oxygen atoms in total. The molecule has 0 unspecified atom stereocenters. The molecule has 25 heavy (non-hydrogen) atoms. The Kier molecular flexibility index (Phi) is 3.99. The van der Waals surface area contributed by atoms with Crippen LogP contribution in [0.4, 0.5) is 5.82 Å². The first-order valence-electron chi connectivity index (χ1n) is 8.76. The van der Waals surface area contributed by atoms with Gasteiger partial charge in [0, 0.05) is 6.20 Å². The maximum atomic E-state index is 6.31. The Hall–Kier alpha value is -2.70. The van der Waals surface area contributed by atoms with Crippen LogP contribution in [0.15, 0.2) is 18.5 Å². The number of nitrogen functional groups attached to an aromatic ring is 1. The van der Waals surface area contributed by atoms with Crippen molar-refractivity contribution in [3.8, 4) is 17.1 Å². The number of nitrogens with zero attached hydrogens (tertiary/aromatic N) is 5. The monoisotopic (exact) mass is 338 g/mol. The molecule has 1 aliphatic rings. The molecule has 1 aliphatic carbocycles. The van der Waals surface area contributed by atoms with Gasteiger partial charge in [-0.15, -0.1) is 0 Å². The standard InChI is InChI=1S/C18H22N6O/c1-3-13-15-16(19)21-17(12-8-9-20-10-14(12)25-2)22-18(15)24(23-13)11-6-4-5-7-11/h8-11H,3-7H2,1-2H3,(H2,19,21,22). The molecular weight excluding hydrogens is 316 g/mol. The normalized spacial score (nSPS) is 15.1. The van der Waals surface area contributed by atoms with Gasteiger partial charge in [0.25, 0.3) is 0 Å². The Morgan fingerprint density at radius 1 is 1.28 bits per heavy atom. The van der Waals surface area contributed by atoms with E-state index in [1.807, 2.05) is 6.07 Å². The molecule has 4 rings (SSSR count). The van der Waals surface area contributed by atoms with Gasteiger partial charge in [-0.25, -0.2) is 14.6 Å². The number of pyridine rings is 1. The van der Waals surface area contributed by atoms with Crippen LogP contribution in [0.2, 0.25) is 0 Å². The van der Waals surface area contributed by atoms with Crippen molar-refractivity contribution in [1.29, 1.82) is 0 Å². The van der Waals surface area contributed by atoms with Crippen LogP contribution < -0.4 is 10.5 Å². The first kappa shape index (κ1) is 15.8. The van der Waals surface area contributed by atoms with Crippen LogP contribution in [0.3, 0.4) is 0 Å². The van der Waals surface area contributed by atoms with E-state index in [1.165, 1.54) is 12.8 Å². The van der Waals surface area contributed by atoms with Crippen molar-refractivity contribution < 1.29 is 4.74 Å². The van der Waals surface area contributed by atoms with Gasteiger partial charge in [0.2, 0.25) is 0 Å². The summed E-state index contributed by atoms with van der Waals surface area (Å²) < 4.78 is 7.47. The molecule has 3 aromatic heterocycles. The number of aryl methyl sites for hydroxylation is 1. The van der Waals surface area contributed by atoms with Gasteiger partial charge in [-0.05, 0) is 25.3 Å². The van der Waals surface area contributed by atoms with Gasteiger partial charge in [0.15, 0.2) is 11.5 Å². The fourth-order valence-electron chi connectivity index (χ4n) is 3.63. The SMILES string of the molecule is CCc1nn(C2CCCC2)c2nc(-c3ccncc3OC)nc(N)c12. The highest BCUT2D eigenvalue weighted by Crippen LogP contribution is 2.35. The zero-order valence-corrected chi connectivity index (χ0v) is 14.6. The predicted molar refractivity (Wildman–Crippen MR) is 96.4 cm³/mol. The van der Waals surface area contributed by atoms with E-state index in [0.717, 1.165) is 41.6 Å². The quantitative estimate of drug-likeness (QED) is 0.785. The molecule has 7 heteroatoms. The molecule has 2 N–H and O–H groups in total. The third-order valence-electron chi connectivity index (χ3n) is 4.90. The number of nitrogens with two attached hydrogens (primary N) is 1. The van der Waals surface area contributed by atoms with Gasteiger partial charge in [0.1, 0.15) is 11.6 Å². The van der Waals surface area contributed by atoms with E-state index >= 15 is 0 Å². The van der Waals surface area contributed by atoms with E-state index in [9.17, 15) is 0 Å². The van der Waals surface area contributed by atoms with Gasteiger partial charge < -0.3 is 10.5 Å². The number of ether oxygens (including phenoxy) is 1. The van der Waals surface area contributed by atoms with Gasteiger partial charge in [-0.3, -0.25) is 4.98 Å². The molecule has 0 saturated heterocycles. The van der Waals surface area contributed by atoms with Crippen LogP contribution in [0.1, 0.15) is 44.3 Å². The topological polar surface area (TPSA) is 91.7 Å². The van der Waals surface area contributed by atoms with Gasteiger partial charge in [0.05, 0.1) is 36.0 Å². The lowest BCUT2D eigenvalue weighted by Gasteiger charge is -2.12. The molecule has 0 aliphatic heterocycles. The zero-order chi connectivity index (χ0) is 17.4. The molecule has 0 amide bonds. The summed E-state index contributed by atoms with van der Waals surface area (Å²) in [5.41, 5.74) is 8.88. The van der Waals surface area contributed by atoms with E-state index in [1.54, 1.807) is 19.5 Å². The van der Waals surface area contributed by atoms with Crippen LogP contribution in [-0.2, 0) is 6.42 Å². The summed E-state index contributed by atoms with van der Waals surface area (Å²) in [5, 5.41) is 5.70. The number of fused-ring (bicyclic) bond motifs is 1. The van der Waals surface area contributed by atoms with Crippen LogP contribution >= 0.6 is 0 Å². The third kappa shape index (κ3) is 2.59. The summed E-state index contributed by atoms with van der Waals surface area (Å²) in [4.78, 5) is 13.5. The summed E-state index contributed by atoms with van der Waals surface area (Å²) in [5.74, 6) is 1.65. The molecule has 3 heterocycles. The molecule has 0 spiro atoms. The van der Waals surface area contributed by atoms with Crippen molar-refractivity contribution in [2.75, 3.05) is 12.8 Å². The minimum Gasteiger partial charge on any atom is -0.494 e. The molecule has 3 aromatic rings. The molecular formula is C18H22N6O. The number of anilines is 1.